The fraction of sp³-hybridized carbons (Fsp3) is 1.00. The summed E-state index contributed by atoms with van der Waals surface area (Å²) in [7, 11) is 2.32. The van der Waals surface area contributed by atoms with Crippen molar-refractivity contribution in [2.24, 2.45) is 17.8 Å². The van der Waals surface area contributed by atoms with Gasteiger partial charge in [0, 0.05) is 18.6 Å². The Bertz CT molecular complexity index is 322. The molecular formula is C17H32N2O. The van der Waals surface area contributed by atoms with E-state index in [-0.39, 0.29) is 0 Å². The normalized spacial score (nSPS) is 44.2. The highest BCUT2D eigenvalue weighted by atomic mass is 16.5. The van der Waals surface area contributed by atoms with Crippen LogP contribution in [-0.2, 0) is 0 Å². The van der Waals surface area contributed by atoms with E-state index in [1.165, 1.54) is 57.9 Å². The molecule has 0 aromatic rings. The first-order valence-corrected chi connectivity index (χ1v) is 8.81. The standard InChI is InChI=1S/C17H32N2O/c1-13-10-14(12-15-6-3-4-9-19(15)20)16-7-5-8-18(2)17(16)11-13/h13-17,20H,3-12H2,1-2H3/t13-,14+,15+,16-,17-/m1/s1. The van der Waals surface area contributed by atoms with Crippen molar-refractivity contribution in [1.29, 1.82) is 0 Å². The Kier molecular flexibility index (Phi) is 4.68. The first-order valence-electron chi connectivity index (χ1n) is 8.81. The number of likely N-dealkylation sites (tertiary alicyclic amines) is 1. The second-order valence-corrected chi connectivity index (χ2v) is 7.74. The topological polar surface area (TPSA) is 26.7 Å². The van der Waals surface area contributed by atoms with Crippen molar-refractivity contribution < 1.29 is 5.21 Å². The van der Waals surface area contributed by atoms with Crippen LogP contribution in [0.4, 0.5) is 0 Å². The van der Waals surface area contributed by atoms with Gasteiger partial charge in [0.25, 0.3) is 0 Å². The van der Waals surface area contributed by atoms with Gasteiger partial charge in [-0.3, -0.25) is 0 Å². The Hall–Kier alpha value is -0.120. The van der Waals surface area contributed by atoms with Crippen LogP contribution in [0.2, 0.25) is 0 Å². The van der Waals surface area contributed by atoms with Gasteiger partial charge in [0.2, 0.25) is 0 Å². The second-order valence-electron chi connectivity index (χ2n) is 7.74. The lowest BCUT2D eigenvalue weighted by Gasteiger charge is -2.49. The third kappa shape index (κ3) is 3.05. The van der Waals surface area contributed by atoms with E-state index in [1.54, 1.807) is 5.06 Å². The summed E-state index contributed by atoms with van der Waals surface area (Å²) < 4.78 is 0. The molecule has 0 amide bonds. The molecule has 3 fully saturated rings. The van der Waals surface area contributed by atoms with Crippen LogP contribution in [0.25, 0.3) is 0 Å². The quantitative estimate of drug-likeness (QED) is 0.840. The van der Waals surface area contributed by atoms with Gasteiger partial charge in [0.05, 0.1) is 0 Å². The van der Waals surface area contributed by atoms with Crippen molar-refractivity contribution in [2.75, 3.05) is 20.1 Å². The fourth-order valence-electron chi connectivity index (χ4n) is 5.21. The molecule has 0 aromatic heterocycles. The summed E-state index contributed by atoms with van der Waals surface area (Å²) in [5.41, 5.74) is 0. The molecule has 3 nitrogen and oxygen atoms in total. The zero-order valence-electron chi connectivity index (χ0n) is 13.3. The molecule has 3 heteroatoms. The molecule has 3 rings (SSSR count). The van der Waals surface area contributed by atoms with Gasteiger partial charge >= 0.3 is 0 Å². The molecule has 0 bridgehead atoms. The summed E-state index contributed by atoms with van der Waals surface area (Å²) in [6.45, 7) is 4.61. The minimum atomic E-state index is 0.437. The van der Waals surface area contributed by atoms with E-state index < -0.39 is 0 Å². The van der Waals surface area contributed by atoms with E-state index in [0.717, 1.165) is 30.3 Å². The fourth-order valence-corrected chi connectivity index (χ4v) is 5.21. The predicted molar refractivity (Wildman–Crippen MR) is 81.8 cm³/mol. The number of hydroxylamine groups is 2. The molecule has 20 heavy (non-hydrogen) atoms. The average molecular weight is 280 g/mol. The average Bonchev–Trinajstić information content (AvgIpc) is 2.42. The molecular weight excluding hydrogens is 248 g/mol. The Balaban J connectivity index is 1.67. The lowest BCUT2D eigenvalue weighted by Crippen LogP contribution is -2.50. The van der Waals surface area contributed by atoms with Gasteiger partial charge in [-0.1, -0.05) is 13.3 Å². The zero-order valence-corrected chi connectivity index (χ0v) is 13.3. The molecule has 2 aliphatic heterocycles. The maximum Gasteiger partial charge on any atom is 0.0353 e. The van der Waals surface area contributed by atoms with Gasteiger partial charge in [-0.05, 0) is 76.3 Å². The number of hydrogen-bond donors (Lipinski definition) is 1. The molecule has 116 valence electrons. The van der Waals surface area contributed by atoms with Crippen molar-refractivity contribution >= 4 is 0 Å². The molecule has 1 saturated carbocycles. The molecule has 2 saturated heterocycles. The maximum absolute atomic E-state index is 10.1. The van der Waals surface area contributed by atoms with E-state index in [1.807, 2.05) is 0 Å². The van der Waals surface area contributed by atoms with Crippen LogP contribution >= 0.6 is 0 Å². The first-order chi connectivity index (χ1) is 9.65. The van der Waals surface area contributed by atoms with Crippen LogP contribution in [0.15, 0.2) is 0 Å². The zero-order chi connectivity index (χ0) is 14.1. The summed E-state index contributed by atoms with van der Waals surface area (Å²) in [6.07, 6.45) is 10.5. The third-order valence-electron chi connectivity index (χ3n) is 6.23. The van der Waals surface area contributed by atoms with Crippen LogP contribution < -0.4 is 0 Å². The monoisotopic (exact) mass is 280 g/mol. The summed E-state index contributed by atoms with van der Waals surface area (Å²) in [5, 5.41) is 11.8. The van der Waals surface area contributed by atoms with Gasteiger partial charge in [-0.25, -0.2) is 0 Å². The summed E-state index contributed by atoms with van der Waals surface area (Å²) in [6, 6.07) is 1.25. The highest BCUT2D eigenvalue weighted by molar-refractivity contribution is 4.94. The molecule has 0 radical (unpaired) electrons. The number of fused-ring (bicyclic) bond motifs is 1. The van der Waals surface area contributed by atoms with Crippen molar-refractivity contribution in [1.82, 2.24) is 9.96 Å². The molecule has 0 aromatic carbocycles. The van der Waals surface area contributed by atoms with E-state index in [2.05, 4.69) is 18.9 Å². The minimum absolute atomic E-state index is 0.437. The largest absolute Gasteiger partial charge is 0.314 e. The predicted octanol–water partition coefficient (Wildman–Crippen LogP) is 3.38. The molecule has 0 unspecified atom stereocenters. The summed E-state index contributed by atoms with van der Waals surface area (Å²) in [5.74, 6) is 2.59. The summed E-state index contributed by atoms with van der Waals surface area (Å²) >= 11 is 0. The van der Waals surface area contributed by atoms with Crippen molar-refractivity contribution in [3.8, 4) is 0 Å². The highest BCUT2D eigenvalue weighted by Gasteiger charge is 2.41. The van der Waals surface area contributed by atoms with Crippen LogP contribution in [-0.4, -0.2) is 47.4 Å². The van der Waals surface area contributed by atoms with Gasteiger partial charge in [-0.2, -0.15) is 5.06 Å². The van der Waals surface area contributed by atoms with Gasteiger partial charge in [0.15, 0.2) is 0 Å². The highest BCUT2D eigenvalue weighted by Crippen LogP contribution is 2.44. The Morgan fingerprint density at radius 1 is 1.05 bits per heavy atom. The Labute approximate surface area is 124 Å². The number of rotatable bonds is 2. The molecule has 1 N–H and O–H groups in total. The van der Waals surface area contributed by atoms with Gasteiger partial charge in [0.1, 0.15) is 0 Å². The number of piperidine rings is 2. The van der Waals surface area contributed by atoms with E-state index in [9.17, 15) is 5.21 Å². The minimum Gasteiger partial charge on any atom is -0.314 e. The number of nitrogens with zero attached hydrogens (tertiary/aromatic N) is 2. The Morgan fingerprint density at radius 2 is 1.90 bits per heavy atom. The van der Waals surface area contributed by atoms with Crippen LogP contribution in [0.1, 0.15) is 58.3 Å². The second kappa shape index (κ2) is 6.33. The van der Waals surface area contributed by atoms with E-state index in [0.29, 0.717) is 6.04 Å². The SMILES string of the molecule is C[C@@H]1C[C@@H](C[C@@H]2CCCCN2O)[C@H]2CCCN(C)[C@@H]2C1. The smallest absolute Gasteiger partial charge is 0.0353 e. The van der Waals surface area contributed by atoms with E-state index >= 15 is 0 Å². The molecule has 5 atom stereocenters. The lowest BCUT2D eigenvalue weighted by atomic mass is 9.66. The molecule has 0 spiro atoms. The summed E-state index contributed by atoms with van der Waals surface area (Å²) in [4.78, 5) is 2.62. The van der Waals surface area contributed by atoms with Crippen molar-refractivity contribution in [2.45, 2.75) is 70.4 Å². The van der Waals surface area contributed by atoms with Crippen LogP contribution in [0, 0.1) is 17.8 Å². The van der Waals surface area contributed by atoms with Gasteiger partial charge < -0.3 is 10.1 Å². The van der Waals surface area contributed by atoms with Crippen LogP contribution in [0.3, 0.4) is 0 Å². The maximum atomic E-state index is 10.1. The van der Waals surface area contributed by atoms with Crippen molar-refractivity contribution in [3.05, 3.63) is 0 Å². The number of hydrogen-bond acceptors (Lipinski definition) is 3. The van der Waals surface area contributed by atoms with Crippen molar-refractivity contribution in [3.63, 3.8) is 0 Å². The lowest BCUT2D eigenvalue weighted by molar-refractivity contribution is -0.151. The first kappa shape index (κ1) is 14.8. The molecule has 1 aliphatic carbocycles. The van der Waals surface area contributed by atoms with Crippen LogP contribution in [0.5, 0.6) is 0 Å². The Morgan fingerprint density at radius 3 is 2.70 bits per heavy atom. The molecule has 2 heterocycles. The third-order valence-corrected chi connectivity index (χ3v) is 6.23. The molecule has 3 aliphatic rings. The van der Waals surface area contributed by atoms with E-state index in [4.69, 9.17) is 0 Å². The van der Waals surface area contributed by atoms with Gasteiger partial charge in [-0.15, -0.1) is 0 Å².